The molecule has 204 valence electrons. The summed E-state index contributed by atoms with van der Waals surface area (Å²) in [6.45, 7) is 0.0254. The van der Waals surface area contributed by atoms with E-state index in [2.05, 4.69) is 161 Å². The maximum Gasteiger partial charge on any atom is 0.334 e. The molecule has 44 heavy (non-hydrogen) atoms. The monoisotopic (exact) mass is 576 g/mol. The van der Waals surface area contributed by atoms with Crippen molar-refractivity contribution in [3.05, 3.63) is 152 Å². The Morgan fingerprint density at radius 1 is 0.500 bits per heavy atom. The van der Waals surface area contributed by atoms with Crippen molar-refractivity contribution < 1.29 is 0 Å². The van der Waals surface area contributed by atoms with Gasteiger partial charge < -0.3 is 9.38 Å². The first-order chi connectivity index (χ1) is 21.9. The van der Waals surface area contributed by atoms with Crippen LogP contribution in [0.5, 0.6) is 0 Å². The van der Waals surface area contributed by atoms with Gasteiger partial charge in [-0.25, -0.2) is 0 Å². The Balaban J connectivity index is 1.42. The quantitative estimate of drug-likeness (QED) is 0.190. The number of fused-ring (bicyclic) bond motifs is 6. The van der Waals surface area contributed by atoms with Gasteiger partial charge in [0.05, 0.1) is 5.00 Å². The van der Waals surface area contributed by atoms with Crippen LogP contribution in [-0.4, -0.2) is 11.3 Å². The van der Waals surface area contributed by atoms with E-state index < -0.39 is 0 Å². The lowest BCUT2D eigenvalue weighted by Gasteiger charge is -2.39. The van der Waals surface area contributed by atoms with Crippen LogP contribution in [-0.2, 0) is 0 Å². The molecule has 0 amide bonds. The first kappa shape index (κ1) is 24.2. The van der Waals surface area contributed by atoms with Crippen molar-refractivity contribution in [2.75, 3.05) is 4.90 Å². The lowest BCUT2D eigenvalue weighted by Crippen LogP contribution is -2.56. The van der Waals surface area contributed by atoms with Crippen LogP contribution in [0.4, 0.5) is 16.4 Å². The topological polar surface area (TPSA) is 8.17 Å². The van der Waals surface area contributed by atoms with Crippen molar-refractivity contribution in [1.82, 2.24) is 4.48 Å². The van der Waals surface area contributed by atoms with Gasteiger partial charge in [0.2, 0.25) is 0 Å². The third-order valence-electron chi connectivity index (χ3n) is 9.38. The molecule has 0 N–H and O–H groups in total. The smallest absolute Gasteiger partial charge is 0.334 e. The van der Waals surface area contributed by atoms with Gasteiger partial charge >= 0.3 is 6.85 Å². The van der Waals surface area contributed by atoms with Crippen molar-refractivity contribution in [2.45, 2.75) is 0 Å². The molecular formula is C40H25BN2S. The average molecular weight is 577 g/mol. The number of hydrogen-bond acceptors (Lipinski definition) is 2. The summed E-state index contributed by atoms with van der Waals surface area (Å²) < 4.78 is 4.01. The summed E-state index contributed by atoms with van der Waals surface area (Å²) in [4.78, 5) is 2.50. The number of rotatable bonds is 3. The Labute approximate surface area is 260 Å². The van der Waals surface area contributed by atoms with E-state index in [1.54, 1.807) is 0 Å². The zero-order chi connectivity index (χ0) is 28.8. The number of anilines is 3. The highest BCUT2D eigenvalue weighted by Crippen LogP contribution is 2.50. The fourth-order valence-electron chi connectivity index (χ4n) is 7.72. The summed E-state index contributed by atoms with van der Waals surface area (Å²) in [6, 6.07) is 55.6. The van der Waals surface area contributed by atoms with E-state index in [9.17, 15) is 0 Å². The molecule has 0 saturated carbocycles. The van der Waals surface area contributed by atoms with Crippen LogP contribution >= 0.6 is 11.3 Å². The second-order valence-corrected chi connectivity index (χ2v) is 12.7. The lowest BCUT2D eigenvalue weighted by molar-refractivity contribution is 1.24. The molecule has 4 heteroatoms. The van der Waals surface area contributed by atoms with E-state index in [4.69, 9.17) is 0 Å². The van der Waals surface area contributed by atoms with Crippen LogP contribution in [0, 0.1) is 0 Å². The number of benzene rings is 6. The van der Waals surface area contributed by atoms with E-state index in [1.807, 2.05) is 11.3 Å². The molecule has 8 aromatic rings. The van der Waals surface area contributed by atoms with Crippen molar-refractivity contribution in [3.63, 3.8) is 0 Å². The van der Waals surface area contributed by atoms with Crippen LogP contribution in [0.2, 0.25) is 0 Å². The van der Waals surface area contributed by atoms with Gasteiger partial charge in [-0.15, -0.1) is 11.3 Å². The van der Waals surface area contributed by atoms with Crippen molar-refractivity contribution in [3.8, 4) is 33.5 Å². The highest BCUT2D eigenvalue weighted by molar-refractivity contribution is 7.26. The van der Waals surface area contributed by atoms with Gasteiger partial charge in [0, 0.05) is 43.8 Å². The second kappa shape index (κ2) is 9.09. The fourth-order valence-corrected chi connectivity index (χ4v) is 8.98. The molecule has 0 fully saturated rings. The summed E-state index contributed by atoms with van der Waals surface area (Å²) in [7, 11) is 0. The lowest BCUT2D eigenvalue weighted by atomic mass is 9.45. The average Bonchev–Trinajstić information content (AvgIpc) is 3.65. The Bertz CT molecular complexity index is 2390. The van der Waals surface area contributed by atoms with Crippen LogP contribution in [0.25, 0.3) is 54.5 Å². The largest absolute Gasteiger partial charge is 0.375 e. The minimum atomic E-state index is 0.0254. The summed E-state index contributed by atoms with van der Waals surface area (Å²) >= 11 is 1.90. The summed E-state index contributed by atoms with van der Waals surface area (Å²) in [5.74, 6) is 0. The summed E-state index contributed by atoms with van der Waals surface area (Å²) in [6.07, 6.45) is 0. The molecule has 0 unspecified atom stereocenters. The van der Waals surface area contributed by atoms with Gasteiger partial charge in [-0.05, 0) is 57.3 Å². The predicted molar refractivity (Wildman–Crippen MR) is 189 cm³/mol. The third kappa shape index (κ3) is 3.15. The maximum absolute atomic E-state index is 2.69. The minimum Gasteiger partial charge on any atom is -0.375 e. The first-order valence-corrected chi connectivity index (χ1v) is 16.0. The Kier molecular flexibility index (Phi) is 4.99. The maximum atomic E-state index is 2.69. The van der Waals surface area contributed by atoms with Gasteiger partial charge in [-0.1, -0.05) is 127 Å². The molecule has 2 aromatic heterocycles. The van der Waals surface area contributed by atoms with E-state index in [-0.39, 0.29) is 6.85 Å². The van der Waals surface area contributed by atoms with Gasteiger partial charge in [0.25, 0.3) is 0 Å². The third-order valence-corrected chi connectivity index (χ3v) is 10.6. The molecule has 2 nitrogen and oxygen atoms in total. The molecule has 0 bridgehead atoms. The molecule has 10 rings (SSSR count). The van der Waals surface area contributed by atoms with Gasteiger partial charge in [0.1, 0.15) is 0 Å². The molecule has 0 radical (unpaired) electrons. The number of thiophene rings is 1. The normalized spacial score (nSPS) is 12.9. The number of para-hydroxylation sites is 2. The second-order valence-electron chi connectivity index (χ2n) is 11.7. The Morgan fingerprint density at radius 2 is 1.14 bits per heavy atom. The Morgan fingerprint density at radius 3 is 1.93 bits per heavy atom. The van der Waals surface area contributed by atoms with Crippen molar-refractivity contribution >= 4 is 66.5 Å². The van der Waals surface area contributed by atoms with Gasteiger partial charge in [-0.3, -0.25) is 0 Å². The van der Waals surface area contributed by atoms with E-state index in [0.29, 0.717) is 0 Å². The fraction of sp³-hybridized carbons (Fsp3) is 0. The van der Waals surface area contributed by atoms with Gasteiger partial charge in [0.15, 0.2) is 0 Å². The molecule has 6 aromatic carbocycles. The van der Waals surface area contributed by atoms with E-state index >= 15 is 0 Å². The number of nitrogens with zero attached hydrogens (tertiary/aromatic N) is 2. The van der Waals surface area contributed by atoms with Gasteiger partial charge in [-0.2, -0.15) is 0 Å². The zero-order valence-electron chi connectivity index (χ0n) is 23.8. The molecule has 0 spiro atoms. The molecular weight excluding hydrogens is 551 g/mol. The van der Waals surface area contributed by atoms with Crippen LogP contribution in [0.1, 0.15) is 0 Å². The highest BCUT2D eigenvalue weighted by Gasteiger charge is 2.45. The van der Waals surface area contributed by atoms with Crippen LogP contribution in [0.15, 0.2) is 152 Å². The highest BCUT2D eigenvalue weighted by atomic mass is 32.1. The number of hydrogen-bond donors (Lipinski definition) is 0. The molecule has 2 aliphatic heterocycles. The van der Waals surface area contributed by atoms with Crippen molar-refractivity contribution in [2.24, 2.45) is 0 Å². The van der Waals surface area contributed by atoms with Crippen molar-refractivity contribution in [1.29, 1.82) is 0 Å². The SMILES string of the molecule is c1ccc(-c2c(-c3ccccc3)n3c4c(cccc24)-c2cccc4c2B3c2c(sc3ccccc23)N4c2ccccc2)cc1. The molecule has 0 atom stereocenters. The number of aromatic nitrogens is 1. The van der Waals surface area contributed by atoms with E-state index in [1.165, 1.54) is 81.8 Å². The summed E-state index contributed by atoms with van der Waals surface area (Å²) in [5.41, 5.74) is 14.2. The molecule has 2 aliphatic rings. The molecule has 0 aliphatic carbocycles. The van der Waals surface area contributed by atoms with E-state index in [0.717, 1.165) is 0 Å². The molecule has 4 heterocycles. The first-order valence-electron chi connectivity index (χ1n) is 15.2. The minimum absolute atomic E-state index is 0.0254. The predicted octanol–water partition coefficient (Wildman–Crippen LogP) is 9.61. The Hall–Kier alpha value is -5.32. The summed E-state index contributed by atoms with van der Waals surface area (Å²) in [5, 5.41) is 3.93. The molecule has 0 saturated heterocycles. The standard InChI is InChI=1S/C40H25BN2S/c1-4-14-26(15-5-1)35-32-23-12-22-30-29-21-13-24-33-36(29)41(43(39(30)32)38(35)27-16-6-2-7-17-27)37-31-20-10-11-25-34(31)44-40(37)42(33)28-18-8-3-9-19-28/h1-25H. The van der Waals surface area contributed by atoms with Crippen LogP contribution < -0.4 is 15.8 Å². The zero-order valence-corrected chi connectivity index (χ0v) is 24.6. The van der Waals surface area contributed by atoms with Crippen LogP contribution in [0.3, 0.4) is 0 Å².